The van der Waals surface area contributed by atoms with Crippen molar-refractivity contribution in [1.29, 1.82) is 0 Å². The highest BCUT2D eigenvalue weighted by Crippen LogP contribution is 2.26. The fourth-order valence-corrected chi connectivity index (χ4v) is 2.43. The van der Waals surface area contributed by atoms with Crippen LogP contribution < -0.4 is 15.7 Å². The number of ether oxygens (including phenoxy) is 1. The van der Waals surface area contributed by atoms with Gasteiger partial charge in [0.25, 0.3) is 5.56 Å². The normalized spacial score (nSPS) is 11.5. The maximum atomic E-state index is 11.6. The average molecular weight is 393 g/mol. The number of nitrogens with one attached hydrogen (secondary N) is 2. The van der Waals surface area contributed by atoms with Crippen LogP contribution in [-0.4, -0.2) is 22.3 Å². The van der Waals surface area contributed by atoms with Crippen molar-refractivity contribution in [3.8, 4) is 5.75 Å². The molecule has 2 N–H and O–H groups in total. The minimum absolute atomic E-state index is 0.110. The lowest BCUT2D eigenvalue weighted by Crippen LogP contribution is -2.12. The van der Waals surface area contributed by atoms with Crippen LogP contribution in [0, 0.1) is 0 Å². The number of benzene rings is 1. The molecule has 0 unspecified atom stereocenters. The number of anilines is 1. The summed E-state index contributed by atoms with van der Waals surface area (Å²) >= 11 is 3.48. The highest BCUT2D eigenvalue weighted by Gasteiger charge is 2.05. The SMILES string of the molecule is CC(C)Oc1ccc(/C=N\Nc2nc(C(C)C)cc(=O)[nH]2)cc1Br. The molecule has 0 fully saturated rings. The predicted octanol–water partition coefficient (Wildman–Crippen LogP) is 3.89. The summed E-state index contributed by atoms with van der Waals surface area (Å²) in [6, 6.07) is 7.17. The van der Waals surface area contributed by atoms with E-state index in [2.05, 4.69) is 36.4 Å². The van der Waals surface area contributed by atoms with Crippen molar-refractivity contribution in [3.05, 3.63) is 50.3 Å². The molecule has 0 saturated heterocycles. The molecule has 0 bridgehead atoms. The summed E-state index contributed by atoms with van der Waals surface area (Å²) in [6.45, 7) is 7.91. The molecule has 24 heavy (non-hydrogen) atoms. The van der Waals surface area contributed by atoms with Gasteiger partial charge in [0.05, 0.1) is 22.5 Å². The molecule has 1 heterocycles. The number of halogens is 1. The Labute approximate surface area is 149 Å². The molecular weight excluding hydrogens is 372 g/mol. The molecule has 2 rings (SSSR count). The van der Waals surface area contributed by atoms with Crippen LogP contribution in [0.25, 0.3) is 0 Å². The number of hydrazone groups is 1. The number of H-pyrrole nitrogens is 1. The Kier molecular flexibility index (Phi) is 6.14. The third-order valence-corrected chi connectivity index (χ3v) is 3.68. The van der Waals surface area contributed by atoms with Crippen LogP contribution in [0.5, 0.6) is 5.75 Å². The van der Waals surface area contributed by atoms with Gasteiger partial charge in [-0.3, -0.25) is 9.78 Å². The predicted molar refractivity (Wildman–Crippen MR) is 100 cm³/mol. The number of hydrogen-bond donors (Lipinski definition) is 2. The minimum atomic E-state index is -0.204. The molecule has 2 aromatic rings. The number of hydrogen-bond acceptors (Lipinski definition) is 5. The average Bonchev–Trinajstić information content (AvgIpc) is 2.49. The molecule has 0 atom stereocenters. The van der Waals surface area contributed by atoms with Gasteiger partial charge >= 0.3 is 0 Å². The summed E-state index contributed by atoms with van der Waals surface area (Å²) in [7, 11) is 0. The van der Waals surface area contributed by atoms with Crippen molar-refractivity contribution in [2.75, 3.05) is 5.43 Å². The number of aromatic amines is 1. The molecule has 0 aliphatic carbocycles. The number of aromatic nitrogens is 2. The van der Waals surface area contributed by atoms with Gasteiger partial charge in [0.2, 0.25) is 5.95 Å². The Morgan fingerprint density at radius 3 is 2.67 bits per heavy atom. The van der Waals surface area contributed by atoms with Gasteiger partial charge in [-0.25, -0.2) is 10.4 Å². The van der Waals surface area contributed by atoms with Gasteiger partial charge in [-0.15, -0.1) is 0 Å². The fourth-order valence-electron chi connectivity index (χ4n) is 1.94. The van der Waals surface area contributed by atoms with E-state index in [0.717, 1.165) is 21.5 Å². The topological polar surface area (TPSA) is 79.4 Å². The van der Waals surface area contributed by atoms with Crippen molar-refractivity contribution >= 4 is 28.1 Å². The summed E-state index contributed by atoms with van der Waals surface area (Å²) in [4.78, 5) is 18.5. The van der Waals surface area contributed by atoms with Crippen molar-refractivity contribution in [3.63, 3.8) is 0 Å². The lowest BCUT2D eigenvalue weighted by Gasteiger charge is -2.11. The zero-order valence-corrected chi connectivity index (χ0v) is 15.7. The summed E-state index contributed by atoms with van der Waals surface area (Å²) in [6.07, 6.45) is 1.75. The molecule has 6 nitrogen and oxygen atoms in total. The van der Waals surface area contributed by atoms with Gasteiger partial charge in [-0.2, -0.15) is 5.10 Å². The van der Waals surface area contributed by atoms with Crippen LogP contribution >= 0.6 is 15.9 Å². The fraction of sp³-hybridized carbons (Fsp3) is 0.353. The Bertz CT molecular complexity index is 784. The van der Waals surface area contributed by atoms with E-state index in [-0.39, 0.29) is 17.6 Å². The van der Waals surface area contributed by atoms with E-state index in [9.17, 15) is 4.79 Å². The third-order valence-electron chi connectivity index (χ3n) is 3.06. The first kappa shape index (κ1) is 18.2. The van der Waals surface area contributed by atoms with Crippen LogP contribution in [0.2, 0.25) is 0 Å². The highest BCUT2D eigenvalue weighted by molar-refractivity contribution is 9.10. The van der Waals surface area contributed by atoms with Crippen LogP contribution in [-0.2, 0) is 0 Å². The Balaban J connectivity index is 2.09. The van der Waals surface area contributed by atoms with Crippen molar-refractivity contribution < 1.29 is 4.74 Å². The Morgan fingerprint density at radius 1 is 1.29 bits per heavy atom. The summed E-state index contributed by atoms with van der Waals surface area (Å²) in [5, 5.41) is 4.12. The monoisotopic (exact) mass is 392 g/mol. The van der Waals surface area contributed by atoms with Crippen LogP contribution in [0.1, 0.15) is 44.9 Å². The van der Waals surface area contributed by atoms with Crippen molar-refractivity contribution in [2.24, 2.45) is 5.10 Å². The van der Waals surface area contributed by atoms with E-state index in [4.69, 9.17) is 4.74 Å². The molecule has 0 saturated carbocycles. The van der Waals surface area contributed by atoms with Gasteiger partial charge in [-0.05, 0) is 59.5 Å². The second-order valence-electron chi connectivity index (χ2n) is 5.90. The molecule has 1 aromatic heterocycles. The first-order valence-corrected chi connectivity index (χ1v) is 8.51. The third kappa shape index (κ3) is 5.19. The lowest BCUT2D eigenvalue weighted by molar-refractivity contribution is 0.241. The van der Waals surface area contributed by atoms with E-state index in [1.807, 2.05) is 45.9 Å². The zero-order chi connectivity index (χ0) is 17.7. The molecule has 0 spiro atoms. The molecule has 128 valence electrons. The van der Waals surface area contributed by atoms with Crippen LogP contribution in [0.15, 0.2) is 38.6 Å². The maximum absolute atomic E-state index is 11.6. The van der Waals surface area contributed by atoms with E-state index in [1.54, 1.807) is 6.21 Å². The smallest absolute Gasteiger partial charge is 0.252 e. The Hall–Kier alpha value is -2.15. The van der Waals surface area contributed by atoms with Crippen LogP contribution in [0.4, 0.5) is 5.95 Å². The zero-order valence-electron chi connectivity index (χ0n) is 14.1. The number of nitrogens with zero attached hydrogens (tertiary/aromatic N) is 2. The highest BCUT2D eigenvalue weighted by atomic mass is 79.9. The van der Waals surface area contributed by atoms with Gasteiger partial charge in [0.15, 0.2) is 0 Å². The largest absolute Gasteiger partial charge is 0.490 e. The molecule has 7 heteroatoms. The molecule has 1 aromatic carbocycles. The standard InChI is InChI=1S/C17H21BrN4O2/c1-10(2)14-8-16(23)21-17(20-14)22-19-9-12-5-6-15(13(18)7-12)24-11(3)4/h5-11H,1-4H3,(H2,20,21,22,23)/b19-9-. The first-order valence-electron chi connectivity index (χ1n) is 7.71. The van der Waals surface area contributed by atoms with Crippen molar-refractivity contribution in [2.45, 2.75) is 39.7 Å². The van der Waals surface area contributed by atoms with E-state index >= 15 is 0 Å². The summed E-state index contributed by atoms with van der Waals surface area (Å²) in [5.41, 5.74) is 4.15. The lowest BCUT2D eigenvalue weighted by atomic mass is 10.1. The van der Waals surface area contributed by atoms with E-state index in [0.29, 0.717) is 5.95 Å². The molecule has 0 radical (unpaired) electrons. The van der Waals surface area contributed by atoms with Gasteiger partial charge in [-0.1, -0.05) is 13.8 Å². The second-order valence-corrected chi connectivity index (χ2v) is 6.75. The molecule has 0 aliphatic rings. The molecule has 0 amide bonds. The second kappa shape index (κ2) is 8.10. The van der Waals surface area contributed by atoms with Gasteiger partial charge < -0.3 is 4.74 Å². The van der Waals surface area contributed by atoms with Crippen molar-refractivity contribution in [1.82, 2.24) is 9.97 Å². The summed E-state index contributed by atoms with van der Waals surface area (Å²) < 4.78 is 6.52. The van der Waals surface area contributed by atoms with Gasteiger partial charge in [0.1, 0.15) is 5.75 Å². The first-order chi connectivity index (χ1) is 11.3. The van der Waals surface area contributed by atoms with Gasteiger partial charge in [0, 0.05) is 6.07 Å². The maximum Gasteiger partial charge on any atom is 0.252 e. The van der Waals surface area contributed by atoms with E-state index in [1.165, 1.54) is 6.07 Å². The number of rotatable bonds is 6. The molecule has 0 aliphatic heterocycles. The quantitative estimate of drug-likeness (QED) is 0.577. The van der Waals surface area contributed by atoms with E-state index < -0.39 is 0 Å². The Morgan fingerprint density at radius 2 is 2.04 bits per heavy atom. The van der Waals surface area contributed by atoms with Crippen LogP contribution in [0.3, 0.4) is 0 Å². The molecular formula is C17H21BrN4O2. The summed E-state index contributed by atoms with van der Waals surface area (Å²) in [5.74, 6) is 1.27. The minimum Gasteiger partial charge on any atom is -0.490 e.